The SMILES string of the molecule is CCOc1ccccc1C(=O)N1CCN(C(=O)CC(N)C2CCc3cc(F)c(F)cc32)CC1. The number of fused-ring (bicyclic) bond motifs is 1. The zero-order valence-corrected chi connectivity index (χ0v) is 18.7. The van der Waals surface area contributed by atoms with Gasteiger partial charge in [-0.05, 0) is 55.2 Å². The maximum absolute atomic E-state index is 13.7. The maximum Gasteiger partial charge on any atom is 0.257 e. The van der Waals surface area contributed by atoms with E-state index in [1.807, 2.05) is 13.0 Å². The van der Waals surface area contributed by atoms with Crippen LogP contribution in [0.1, 0.15) is 47.2 Å². The van der Waals surface area contributed by atoms with Crippen molar-refractivity contribution >= 4 is 11.8 Å². The summed E-state index contributed by atoms with van der Waals surface area (Å²) in [5.74, 6) is -1.54. The predicted molar refractivity (Wildman–Crippen MR) is 120 cm³/mol. The zero-order valence-electron chi connectivity index (χ0n) is 18.7. The first kappa shape index (κ1) is 23.2. The molecule has 2 aliphatic rings. The second kappa shape index (κ2) is 9.87. The van der Waals surface area contributed by atoms with Gasteiger partial charge in [-0.2, -0.15) is 0 Å². The normalized spacial score (nSPS) is 18.7. The van der Waals surface area contributed by atoms with Gasteiger partial charge < -0.3 is 20.3 Å². The van der Waals surface area contributed by atoms with Crippen LogP contribution in [0.4, 0.5) is 8.78 Å². The Bertz CT molecular complexity index is 1040. The van der Waals surface area contributed by atoms with Gasteiger partial charge in [-0.3, -0.25) is 9.59 Å². The highest BCUT2D eigenvalue weighted by atomic mass is 19.2. The van der Waals surface area contributed by atoms with Gasteiger partial charge in [0.1, 0.15) is 5.75 Å². The van der Waals surface area contributed by atoms with Crippen molar-refractivity contribution in [3.8, 4) is 5.75 Å². The summed E-state index contributed by atoms with van der Waals surface area (Å²) in [7, 11) is 0. The van der Waals surface area contributed by atoms with E-state index in [1.165, 1.54) is 12.1 Å². The number of carbonyl (C=O) groups excluding carboxylic acids is 2. The fourth-order valence-corrected chi connectivity index (χ4v) is 4.80. The largest absolute Gasteiger partial charge is 0.493 e. The highest BCUT2D eigenvalue weighted by Gasteiger charge is 2.32. The number of nitrogens with zero attached hydrogens (tertiary/aromatic N) is 2. The predicted octanol–water partition coefficient (Wildman–Crippen LogP) is 3.10. The Morgan fingerprint density at radius 1 is 1.09 bits per heavy atom. The van der Waals surface area contributed by atoms with Gasteiger partial charge in [-0.25, -0.2) is 8.78 Å². The number of rotatable bonds is 6. The number of aryl methyl sites for hydroxylation is 1. The number of benzene rings is 2. The monoisotopic (exact) mass is 457 g/mol. The zero-order chi connectivity index (χ0) is 23.5. The molecule has 2 N–H and O–H groups in total. The third kappa shape index (κ3) is 4.85. The first-order valence-electron chi connectivity index (χ1n) is 11.4. The van der Waals surface area contributed by atoms with Gasteiger partial charge in [0.05, 0.1) is 12.2 Å². The molecule has 4 rings (SSSR count). The molecule has 6 nitrogen and oxygen atoms in total. The molecule has 1 fully saturated rings. The minimum atomic E-state index is -0.883. The molecule has 0 saturated carbocycles. The molecule has 2 unspecified atom stereocenters. The Morgan fingerprint density at radius 2 is 1.76 bits per heavy atom. The second-order valence-corrected chi connectivity index (χ2v) is 8.58. The average molecular weight is 458 g/mol. The van der Waals surface area contributed by atoms with Crippen LogP contribution in [0.2, 0.25) is 0 Å². The third-order valence-corrected chi connectivity index (χ3v) is 6.57. The molecule has 2 atom stereocenters. The summed E-state index contributed by atoms with van der Waals surface area (Å²) in [4.78, 5) is 29.3. The molecule has 2 aromatic rings. The Morgan fingerprint density at radius 3 is 2.48 bits per heavy atom. The second-order valence-electron chi connectivity index (χ2n) is 8.58. The summed E-state index contributed by atoms with van der Waals surface area (Å²) in [5, 5.41) is 0. The molecule has 176 valence electrons. The van der Waals surface area contributed by atoms with Gasteiger partial charge in [-0.1, -0.05) is 12.1 Å². The van der Waals surface area contributed by atoms with E-state index in [1.54, 1.807) is 28.0 Å². The lowest BCUT2D eigenvalue weighted by Crippen LogP contribution is -2.51. The molecule has 1 aliphatic carbocycles. The van der Waals surface area contributed by atoms with Crippen LogP contribution in [-0.4, -0.2) is 60.4 Å². The Kier molecular flexibility index (Phi) is 6.93. The smallest absolute Gasteiger partial charge is 0.257 e. The molecule has 0 radical (unpaired) electrons. The minimum Gasteiger partial charge on any atom is -0.493 e. The van der Waals surface area contributed by atoms with E-state index in [0.717, 1.165) is 5.56 Å². The molecule has 33 heavy (non-hydrogen) atoms. The van der Waals surface area contributed by atoms with Crippen LogP contribution in [0.3, 0.4) is 0 Å². The van der Waals surface area contributed by atoms with Crippen LogP contribution in [0.15, 0.2) is 36.4 Å². The molecule has 2 aromatic carbocycles. The van der Waals surface area contributed by atoms with Crippen molar-refractivity contribution in [2.45, 2.75) is 38.1 Å². The number of amides is 2. The van der Waals surface area contributed by atoms with Gasteiger partial charge in [0.2, 0.25) is 5.91 Å². The topological polar surface area (TPSA) is 75.9 Å². The third-order valence-electron chi connectivity index (χ3n) is 6.57. The molecule has 0 spiro atoms. The van der Waals surface area contributed by atoms with Crippen molar-refractivity contribution in [1.82, 2.24) is 9.80 Å². The number of carbonyl (C=O) groups is 2. The number of halogens is 2. The maximum atomic E-state index is 13.7. The summed E-state index contributed by atoms with van der Waals surface area (Å²) in [6.07, 6.45) is 1.43. The van der Waals surface area contributed by atoms with E-state index in [0.29, 0.717) is 62.5 Å². The highest BCUT2D eigenvalue weighted by molar-refractivity contribution is 5.97. The summed E-state index contributed by atoms with van der Waals surface area (Å²) >= 11 is 0. The van der Waals surface area contributed by atoms with E-state index < -0.39 is 17.7 Å². The van der Waals surface area contributed by atoms with Gasteiger partial charge in [0, 0.05) is 44.6 Å². The number of para-hydroxylation sites is 1. The van der Waals surface area contributed by atoms with E-state index in [4.69, 9.17) is 10.5 Å². The number of piperazine rings is 1. The molecule has 8 heteroatoms. The standard InChI is InChI=1S/C25H29F2N3O3/c1-2-33-23-6-4-3-5-18(23)25(32)30-11-9-29(10-12-30)24(31)15-22(28)17-8-7-16-13-20(26)21(27)14-19(16)17/h3-6,13-14,17,22H,2,7-12,15,28H2,1H3. The summed E-state index contributed by atoms with van der Waals surface area (Å²) < 4.78 is 32.8. The quantitative estimate of drug-likeness (QED) is 0.723. The fraction of sp³-hybridized carbons (Fsp3) is 0.440. The Hall–Kier alpha value is -3.00. The minimum absolute atomic E-state index is 0.0830. The molecular weight excluding hydrogens is 428 g/mol. The van der Waals surface area contributed by atoms with Crippen LogP contribution in [0, 0.1) is 11.6 Å². The van der Waals surface area contributed by atoms with Gasteiger partial charge in [0.15, 0.2) is 11.6 Å². The van der Waals surface area contributed by atoms with Gasteiger partial charge >= 0.3 is 0 Å². The number of nitrogens with two attached hydrogens (primary N) is 1. The Labute approximate surface area is 192 Å². The lowest BCUT2D eigenvalue weighted by atomic mass is 9.91. The molecule has 1 aliphatic heterocycles. The van der Waals surface area contributed by atoms with E-state index >= 15 is 0 Å². The summed E-state index contributed by atoms with van der Waals surface area (Å²) in [6.45, 7) is 4.05. The lowest BCUT2D eigenvalue weighted by Gasteiger charge is -2.35. The van der Waals surface area contributed by atoms with Crippen LogP contribution in [0.5, 0.6) is 5.75 Å². The van der Waals surface area contributed by atoms with E-state index in [-0.39, 0.29) is 24.2 Å². The van der Waals surface area contributed by atoms with Crippen molar-refractivity contribution in [2.75, 3.05) is 32.8 Å². The molecule has 0 bridgehead atoms. The molecule has 1 heterocycles. The van der Waals surface area contributed by atoms with Crippen molar-refractivity contribution in [3.05, 3.63) is 64.7 Å². The van der Waals surface area contributed by atoms with Gasteiger partial charge in [-0.15, -0.1) is 0 Å². The van der Waals surface area contributed by atoms with Gasteiger partial charge in [0.25, 0.3) is 5.91 Å². The van der Waals surface area contributed by atoms with Crippen molar-refractivity contribution in [3.63, 3.8) is 0 Å². The molecule has 2 amide bonds. The van der Waals surface area contributed by atoms with Crippen molar-refractivity contribution < 1.29 is 23.1 Å². The Balaban J connectivity index is 1.33. The molecular formula is C25H29F2N3O3. The fourth-order valence-electron chi connectivity index (χ4n) is 4.80. The van der Waals surface area contributed by atoms with E-state index in [2.05, 4.69) is 0 Å². The highest BCUT2D eigenvalue weighted by Crippen LogP contribution is 2.37. The van der Waals surface area contributed by atoms with E-state index in [9.17, 15) is 18.4 Å². The lowest BCUT2D eigenvalue weighted by molar-refractivity contribution is -0.133. The molecule has 0 aromatic heterocycles. The van der Waals surface area contributed by atoms with Crippen molar-refractivity contribution in [1.29, 1.82) is 0 Å². The van der Waals surface area contributed by atoms with Crippen LogP contribution >= 0.6 is 0 Å². The average Bonchev–Trinajstić information content (AvgIpc) is 3.22. The molecule has 1 saturated heterocycles. The van der Waals surface area contributed by atoms with Crippen LogP contribution in [0.25, 0.3) is 0 Å². The van der Waals surface area contributed by atoms with Crippen molar-refractivity contribution in [2.24, 2.45) is 5.73 Å². The summed E-state index contributed by atoms with van der Waals surface area (Å²) in [5.41, 5.74) is 8.33. The number of hydrogen-bond donors (Lipinski definition) is 1. The first-order chi connectivity index (χ1) is 15.9. The first-order valence-corrected chi connectivity index (χ1v) is 11.4. The number of ether oxygens (including phenoxy) is 1. The number of hydrogen-bond acceptors (Lipinski definition) is 4. The van der Waals surface area contributed by atoms with Crippen LogP contribution < -0.4 is 10.5 Å². The summed E-state index contributed by atoms with van der Waals surface area (Å²) in [6, 6.07) is 9.14. The van der Waals surface area contributed by atoms with Crippen LogP contribution in [-0.2, 0) is 11.2 Å².